The van der Waals surface area contributed by atoms with Gasteiger partial charge in [-0.2, -0.15) is 0 Å². The lowest BCUT2D eigenvalue weighted by Crippen LogP contribution is -2.53. The maximum atomic E-state index is 13.7. The zero-order valence-corrected chi connectivity index (χ0v) is 18.5. The number of fused-ring (bicyclic) bond motifs is 4. The van der Waals surface area contributed by atoms with Crippen LogP contribution in [0.4, 0.5) is 10.1 Å². The predicted molar refractivity (Wildman–Crippen MR) is 117 cm³/mol. The monoisotopic (exact) mass is 435 g/mol. The third kappa shape index (κ3) is 2.64. The second-order valence-corrected chi connectivity index (χ2v) is 9.50. The molecule has 0 radical (unpaired) electrons. The summed E-state index contributed by atoms with van der Waals surface area (Å²) in [5.74, 6) is -2.74. The molecule has 2 aromatic carbocycles. The van der Waals surface area contributed by atoms with Crippen molar-refractivity contribution in [1.82, 2.24) is 10.2 Å². The van der Waals surface area contributed by atoms with Crippen LogP contribution in [0.15, 0.2) is 36.4 Å². The number of anilines is 1. The topological polar surface area (TPSA) is 78.5 Å². The summed E-state index contributed by atoms with van der Waals surface area (Å²) in [6.45, 7) is 7.96. The molecule has 1 spiro atoms. The molecular formula is C25H26FN3O3. The number of likely N-dealkylation sites (tertiary alicyclic amines) is 1. The molecule has 3 aliphatic heterocycles. The second-order valence-electron chi connectivity index (χ2n) is 9.50. The Balaban J connectivity index is 1.62. The summed E-state index contributed by atoms with van der Waals surface area (Å²) in [7, 11) is 0. The van der Waals surface area contributed by atoms with Gasteiger partial charge in [-0.25, -0.2) is 4.39 Å². The maximum Gasteiger partial charge on any atom is 0.250 e. The smallest absolute Gasteiger partial charge is 0.250 e. The Morgan fingerprint density at radius 3 is 2.38 bits per heavy atom. The van der Waals surface area contributed by atoms with Gasteiger partial charge in [-0.05, 0) is 48.6 Å². The molecule has 0 unspecified atom stereocenters. The van der Waals surface area contributed by atoms with Crippen LogP contribution < -0.4 is 10.6 Å². The molecule has 2 fully saturated rings. The van der Waals surface area contributed by atoms with Crippen LogP contribution in [0.3, 0.4) is 0 Å². The van der Waals surface area contributed by atoms with Crippen molar-refractivity contribution in [2.45, 2.75) is 45.8 Å². The van der Waals surface area contributed by atoms with Gasteiger partial charge >= 0.3 is 0 Å². The van der Waals surface area contributed by atoms with Gasteiger partial charge in [-0.3, -0.25) is 24.6 Å². The van der Waals surface area contributed by atoms with Gasteiger partial charge in [0.25, 0.3) is 0 Å². The van der Waals surface area contributed by atoms with Crippen LogP contribution in [0.25, 0.3) is 0 Å². The van der Waals surface area contributed by atoms with E-state index in [9.17, 15) is 18.8 Å². The summed E-state index contributed by atoms with van der Waals surface area (Å²) in [5, 5.41) is 6.44. The van der Waals surface area contributed by atoms with Crippen LogP contribution in [-0.4, -0.2) is 28.7 Å². The van der Waals surface area contributed by atoms with Gasteiger partial charge in [0.15, 0.2) is 0 Å². The van der Waals surface area contributed by atoms with E-state index in [1.807, 2.05) is 39.8 Å². The molecule has 7 heteroatoms. The van der Waals surface area contributed by atoms with Crippen LogP contribution in [0.1, 0.15) is 36.1 Å². The van der Waals surface area contributed by atoms with Crippen LogP contribution in [0, 0.1) is 37.4 Å². The Morgan fingerprint density at radius 2 is 1.72 bits per heavy atom. The number of imide groups is 1. The summed E-state index contributed by atoms with van der Waals surface area (Å²) >= 11 is 0. The van der Waals surface area contributed by atoms with Crippen molar-refractivity contribution >= 4 is 23.4 Å². The molecule has 3 aliphatic rings. The summed E-state index contributed by atoms with van der Waals surface area (Å²) in [6.07, 6.45) is 0. The fourth-order valence-electron chi connectivity index (χ4n) is 5.61. The summed E-state index contributed by atoms with van der Waals surface area (Å²) in [4.78, 5) is 42.0. The number of benzene rings is 2. The number of hydrogen-bond acceptors (Lipinski definition) is 4. The number of hydrogen-bond donors (Lipinski definition) is 2. The van der Waals surface area contributed by atoms with E-state index in [4.69, 9.17) is 0 Å². The van der Waals surface area contributed by atoms with Gasteiger partial charge in [0.05, 0.1) is 18.4 Å². The molecule has 166 valence electrons. The highest BCUT2D eigenvalue weighted by atomic mass is 19.1. The fraction of sp³-hybridized carbons (Fsp3) is 0.400. The molecule has 4 atom stereocenters. The maximum absolute atomic E-state index is 13.7. The molecule has 0 saturated carbocycles. The van der Waals surface area contributed by atoms with Gasteiger partial charge < -0.3 is 5.32 Å². The van der Waals surface area contributed by atoms with Gasteiger partial charge in [0.1, 0.15) is 11.4 Å². The normalized spacial score (nSPS) is 28.6. The average Bonchev–Trinajstić information content (AvgIpc) is 3.34. The first-order chi connectivity index (χ1) is 15.2. The number of aryl methyl sites for hydroxylation is 1. The first-order valence-corrected chi connectivity index (χ1v) is 11.0. The van der Waals surface area contributed by atoms with Crippen LogP contribution in [0.5, 0.6) is 0 Å². The number of rotatable bonds is 3. The van der Waals surface area contributed by atoms with E-state index in [0.717, 1.165) is 22.4 Å². The zero-order chi connectivity index (χ0) is 22.9. The summed E-state index contributed by atoms with van der Waals surface area (Å²) in [6, 6.07) is 9.28. The highest BCUT2D eigenvalue weighted by Crippen LogP contribution is 2.54. The van der Waals surface area contributed by atoms with E-state index in [-0.39, 0.29) is 42.0 Å². The van der Waals surface area contributed by atoms with Gasteiger partial charge in [0, 0.05) is 17.3 Å². The molecule has 0 aliphatic carbocycles. The van der Waals surface area contributed by atoms with Crippen molar-refractivity contribution in [1.29, 1.82) is 0 Å². The lowest BCUT2D eigenvalue weighted by molar-refractivity contribution is -0.143. The van der Waals surface area contributed by atoms with E-state index < -0.39 is 17.4 Å². The van der Waals surface area contributed by atoms with E-state index in [1.165, 1.54) is 17.0 Å². The van der Waals surface area contributed by atoms with Gasteiger partial charge in [0.2, 0.25) is 17.7 Å². The minimum Gasteiger partial charge on any atom is -0.324 e. The molecule has 32 heavy (non-hydrogen) atoms. The van der Waals surface area contributed by atoms with Gasteiger partial charge in [-0.1, -0.05) is 38.1 Å². The van der Waals surface area contributed by atoms with Gasteiger partial charge in [-0.15, -0.1) is 0 Å². The highest BCUT2D eigenvalue weighted by molar-refractivity contribution is 6.15. The van der Waals surface area contributed by atoms with Crippen molar-refractivity contribution in [3.8, 4) is 0 Å². The van der Waals surface area contributed by atoms with Crippen molar-refractivity contribution in [2.75, 3.05) is 5.32 Å². The first kappa shape index (κ1) is 20.8. The standard InChI is InChI=1S/C25H26FN3O3/c1-12(2)20-18-19(23(31)29(22(18)30)11-15-6-8-16(26)9-7-15)25(28-20)17-10-5-13(3)14(4)21(17)27-24(25)32/h5-10,12,18-20,28H,11H2,1-4H3,(H,27,32)/t18-,19-,20-,25-/m0/s1. The molecule has 0 aromatic heterocycles. The molecule has 2 aromatic rings. The predicted octanol–water partition coefficient (Wildman–Crippen LogP) is 3.02. The van der Waals surface area contributed by atoms with E-state index >= 15 is 0 Å². The van der Waals surface area contributed by atoms with Crippen LogP contribution in [-0.2, 0) is 26.5 Å². The molecule has 6 nitrogen and oxygen atoms in total. The third-order valence-electron chi connectivity index (χ3n) is 7.42. The van der Waals surface area contributed by atoms with E-state index in [0.29, 0.717) is 5.56 Å². The Bertz CT molecular complexity index is 1160. The Kier molecular flexibility index (Phi) is 4.53. The first-order valence-electron chi connectivity index (χ1n) is 11.0. The summed E-state index contributed by atoms with van der Waals surface area (Å²) < 4.78 is 13.3. The lowest BCUT2D eigenvalue weighted by atomic mass is 9.75. The Hall–Kier alpha value is -3.06. The molecule has 2 saturated heterocycles. The van der Waals surface area contributed by atoms with Crippen molar-refractivity contribution in [2.24, 2.45) is 17.8 Å². The van der Waals surface area contributed by atoms with Crippen molar-refractivity contribution in [3.63, 3.8) is 0 Å². The minimum atomic E-state index is -1.28. The Morgan fingerprint density at radius 1 is 1.03 bits per heavy atom. The lowest BCUT2D eigenvalue weighted by Gasteiger charge is -2.30. The molecule has 5 rings (SSSR count). The number of nitrogens with zero attached hydrogens (tertiary/aromatic N) is 1. The number of halogens is 1. The van der Waals surface area contributed by atoms with Crippen molar-refractivity contribution < 1.29 is 18.8 Å². The Labute approximate surface area is 186 Å². The SMILES string of the molecule is Cc1ccc2c(c1C)NC(=O)[C@]21N[C@@H](C(C)C)[C@H]2C(=O)N(Cc3ccc(F)cc3)C(=O)[C@H]21. The van der Waals surface area contributed by atoms with E-state index in [2.05, 4.69) is 10.6 Å². The second kappa shape index (κ2) is 6.97. The van der Waals surface area contributed by atoms with Crippen LogP contribution in [0.2, 0.25) is 0 Å². The number of nitrogens with one attached hydrogen (secondary N) is 2. The van der Waals surface area contributed by atoms with Crippen LogP contribution >= 0.6 is 0 Å². The number of amides is 3. The van der Waals surface area contributed by atoms with Crippen molar-refractivity contribution in [3.05, 3.63) is 64.5 Å². The largest absolute Gasteiger partial charge is 0.324 e. The zero-order valence-electron chi connectivity index (χ0n) is 18.5. The molecule has 0 bridgehead atoms. The molecular weight excluding hydrogens is 409 g/mol. The minimum absolute atomic E-state index is 0.0350. The summed E-state index contributed by atoms with van der Waals surface area (Å²) in [5.41, 5.74) is 2.84. The average molecular weight is 435 g/mol. The third-order valence-corrected chi connectivity index (χ3v) is 7.42. The quantitative estimate of drug-likeness (QED) is 0.727. The molecule has 3 heterocycles. The number of carbonyl (C=O) groups is 3. The number of carbonyl (C=O) groups excluding carboxylic acids is 3. The molecule has 2 N–H and O–H groups in total. The fourth-order valence-corrected chi connectivity index (χ4v) is 5.61. The highest BCUT2D eigenvalue weighted by Gasteiger charge is 2.70. The van der Waals surface area contributed by atoms with E-state index in [1.54, 1.807) is 12.1 Å². The molecule has 3 amide bonds.